The van der Waals surface area contributed by atoms with Crippen molar-refractivity contribution in [2.24, 2.45) is 5.73 Å². The summed E-state index contributed by atoms with van der Waals surface area (Å²) in [7, 11) is 0. The Bertz CT molecular complexity index is 1170. The summed E-state index contributed by atoms with van der Waals surface area (Å²) in [5.41, 5.74) is 8.06. The lowest BCUT2D eigenvalue weighted by Crippen LogP contribution is -2.57. The molecule has 1 saturated heterocycles. The fourth-order valence-electron chi connectivity index (χ4n) is 4.40. The molecule has 1 aliphatic rings. The van der Waals surface area contributed by atoms with Gasteiger partial charge >= 0.3 is 11.9 Å². The van der Waals surface area contributed by atoms with Crippen LogP contribution in [0.3, 0.4) is 0 Å². The van der Waals surface area contributed by atoms with Crippen LogP contribution in [0.4, 0.5) is 0 Å². The van der Waals surface area contributed by atoms with Crippen molar-refractivity contribution in [2.45, 2.75) is 56.3 Å². The number of likely N-dealkylation sites (tertiary alicyclic amines) is 1. The number of nitrogens with two attached hydrogens (primary N) is 1. The Hall–Kier alpha value is -3.58. The van der Waals surface area contributed by atoms with E-state index in [-0.39, 0.29) is 24.5 Å². The predicted molar refractivity (Wildman–Crippen MR) is 137 cm³/mol. The lowest BCUT2D eigenvalue weighted by molar-refractivity contribution is -0.143. The standard InChI is InChI=1S/C24H31N5O7S/c25-15(10-13-11-26-16-5-2-1-4-14(13)16)23(34)29-9-3-6-19(29)22(33)28-18(12-37)21(32)27-17(24(35)36)7-8-20(30)31/h1-2,4-5,11,15,17-19,26,37H,3,6-10,12,25H2,(H,27,32)(H,28,33)(H,30,31)(H,35,36). The first-order valence-corrected chi connectivity index (χ1v) is 12.5. The molecule has 0 aliphatic carbocycles. The van der Waals surface area contributed by atoms with Gasteiger partial charge in [-0.15, -0.1) is 0 Å². The second-order valence-electron chi connectivity index (χ2n) is 8.94. The van der Waals surface area contributed by atoms with Gasteiger partial charge in [-0.2, -0.15) is 12.6 Å². The molecular weight excluding hydrogens is 502 g/mol. The van der Waals surface area contributed by atoms with Crippen molar-refractivity contribution in [3.8, 4) is 0 Å². The fraction of sp³-hybridized carbons (Fsp3) is 0.458. The number of hydrogen-bond donors (Lipinski definition) is 7. The summed E-state index contributed by atoms with van der Waals surface area (Å²) < 4.78 is 0. The van der Waals surface area contributed by atoms with Gasteiger partial charge in [0.1, 0.15) is 18.1 Å². The summed E-state index contributed by atoms with van der Waals surface area (Å²) in [5.74, 6) is -4.49. The minimum Gasteiger partial charge on any atom is -0.481 e. The molecule has 0 radical (unpaired) electrons. The molecule has 0 saturated carbocycles. The molecule has 0 spiro atoms. The van der Waals surface area contributed by atoms with Crippen LogP contribution in [0.15, 0.2) is 30.5 Å². The highest BCUT2D eigenvalue weighted by atomic mass is 32.1. The SMILES string of the molecule is NC(Cc1c[nH]c2ccccc12)C(=O)N1CCCC1C(=O)NC(CS)C(=O)NC(CCC(=O)O)C(=O)O. The quantitative estimate of drug-likeness (QED) is 0.183. The molecule has 4 unspecified atom stereocenters. The lowest BCUT2D eigenvalue weighted by atomic mass is 10.0. The zero-order valence-electron chi connectivity index (χ0n) is 20.1. The second-order valence-corrected chi connectivity index (χ2v) is 9.30. The number of carboxylic acids is 2. The van der Waals surface area contributed by atoms with E-state index < -0.39 is 54.3 Å². The van der Waals surface area contributed by atoms with Gasteiger partial charge in [-0.25, -0.2) is 4.79 Å². The number of fused-ring (bicyclic) bond motifs is 1. The Labute approximate surface area is 218 Å². The number of carbonyl (C=O) groups is 5. The summed E-state index contributed by atoms with van der Waals surface area (Å²) in [6.45, 7) is 0.340. The number of benzene rings is 1. The maximum atomic E-state index is 13.2. The van der Waals surface area contributed by atoms with E-state index in [0.29, 0.717) is 19.4 Å². The monoisotopic (exact) mass is 533 g/mol. The van der Waals surface area contributed by atoms with Crippen molar-refractivity contribution in [3.05, 3.63) is 36.0 Å². The molecule has 7 N–H and O–H groups in total. The highest BCUT2D eigenvalue weighted by molar-refractivity contribution is 7.80. The summed E-state index contributed by atoms with van der Waals surface area (Å²) in [4.78, 5) is 65.5. The first-order chi connectivity index (χ1) is 17.6. The molecule has 1 fully saturated rings. The Morgan fingerprint density at radius 3 is 2.54 bits per heavy atom. The van der Waals surface area contributed by atoms with Crippen LogP contribution in [0, 0.1) is 0 Å². The van der Waals surface area contributed by atoms with Gasteiger partial charge in [0.2, 0.25) is 17.7 Å². The Balaban J connectivity index is 1.62. The zero-order valence-corrected chi connectivity index (χ0v) is 20.9. The Morgan fingerprint density at radius 1 is 1.14 bits per heavy atom. The third-order valence-corrected chi connectivity index (χ3v) is 6.71. The number of hydrogen-bond acceptors (Lipinski definition) is 7. The molecule has 1 aromatic carbocycles. The number of nitrogens with one attached hydrogen (secondary N) is 3. The third kappa shape index (κ3) is 7.01. The molecule has 2 heterocycles. The zero-order chi connectivity index (χ0) is 27.1. The number of amides is 3. The van der Waals surface area contributed by atoms with Gasteiger partial charge in [-0.3, -0.25) is 19.2 Å². The summed E-state index contributed by atoms with van der Waals surface area (Å²) in [6.07, 6.45) is 2.28. The van der Waals surface area contributed by atoms with Crippen LogP contribution in [-0.4, -0.2) is 86.2 Å². The van der Waals surface area contributed by atoms with Crippen LogP contribution in [0.2, 0.25) is 0 Å². The van der Waals surface area contributed by atoms with E-state index in [9.17, 15) is 29.1 Å². The number of para-hydroxylation sites is 1. The number of nitrogens with zero attached hydrogens (tertiary/aromatic N) is 1. The van der Waals surface area contributed by atoms with Crippen molar-refractivity contribution in [2.75, 3.05) is 12.3 Å². The molecule has 12 nitrogen and oxygen atoms in total. The van der Waals surface area contributed by atoms with Crippen molar-refractivity contribution >= 4 is 53.2 Å². The first-order valence-electron chi connectivity index (χ1n) is 11.9. The van der Waals surface area contributed by atoms with E-state index in [1.807, 2.05) is 30.5 Å². The summed E-state index contributed by atoms with van der Waals surface area (Å²) >= 11 is 4.09. The maximum absolute atomic E-state index is 13.2. The van der Waals surface area contributed by atoms with Crippen LogP contribution in [0.1, 0.15) is 31.2 Å². The number of aliphatic carboxylic acids is 2. The van der Waals surface area contributed by atoms with Gasteiger partial charge in [-0.05, 0) is 37.3 Å². The minimum atomic E-state index is -1.44. The molecular formula is C24H31N5O7S. The molecule has 13 heteroatoms. The highest BCUT2D eigenvalue weighted by Gasteiger charge is 2.38. The fourth-order valence-corrected chi connectivity index (χ4v) is 4.66. The predicted octanol–water partition coefficient (Wildman–Crippen LogP) is -0.122. The number of thiol groups is 1. The van der Waals surface area contributed by atoms with Crippen molar-refractivity contribution < 1.29 is 34.2 Å². The molecule has 3 rings (SSSR count). The van der Waals surface area contributed by atoms with E-state index in [1.165, 1.54) is 4.90 Å². The average Bonchev–Trinajstić information content (AvgIpc) is 3.51. The molecule has 1 aromatic heterocycles. The number of aromatic nitrogens is 1. The van der Waals surface area contributed by atoms with Gasteiger partial charge in [0.05, 0.1) is 6.04 Å². The number of H-pyrrole nitrogens is 1. The van der Waals surface area contributed by atoms with E-state index in [4.69, 9.17) is 10.8 Å². The first kappa shape index (κ1) is 28.0. The minimum absolute atomic E-state index is 0.135. The van der Waals surface area contributed by atoms with Crippen LogP contribution in [-0.2, 0) is 30.4 Å². The topological polar surface area (TPSA) is 195 Å². The van der Waals surface area contributed by atoms with Crippen LogP contribution >= 0.6 is 12.6 Å². The summed E-state index contributed by atoms with van der Waals surface area (Å²) in [6, 6.07) is 3.33. The largest absolute Gasteiger partial charge is 0.481 e. The molecule has 4 atom stereocenters. The number of rotatable bonds is 12. The number of carbonyl (C=O) groups excluding carboxylic acids is 3. The van der Waals surface area contributed by atoms with Crippen LogP contribution in [0.25, 0.3) is 10.9 Å². The maximum Gasteiger partial charge on any atom is 0.326 e. The van der Waals surface area contributed by atoms with Gasteiger partial charge in [-0.1, -0.05) is 18.2 Å². The number of carboxylic acid groups (broad SMARTS) is 2. The van der Waals surface area contributed by atoms with Crippen LogP contribution in [0.5, 0.6) is 0 Å². The molecule has 0 bridgehead atoms. The normalized spacial score (nSPS) is 17.7. The lowest BCUT2D eigenvalue weighted by Gasteiger charge is -2.28. The van der Waals surface area contributed by atoms with Gasteiger partial charge in [0, 0.05) is 35.8 Å². The molecule has 1 aliphatic heterocycles. The number of aromatic amines is 1. The Morgan fingerprint density at radius 2 is 1.86 bits per heavy atom. The van der Waals surface area contributed by atoms with Crippen LogP contribution < -0.4 is 16.4 Å². The molecule has 3 amide bonds. The third-order valence-electron chi connectivity index (χ3n) is 6.35. The smallest absolute Gasteiger partial charge is 0.326 e. The van der Waals surface area contributed by atoms with E-state index in [2.05, 4.69) is 28.2 Å². The van der Waals surface area contributed by atoms with Crippen molar-refractivity contribution in [1.82, 2.24) is 20.5 Å². The van der Waals surface area contributed by atoms with Crippen molar-refractivity contribution in [1.29, 1.82) is 0 Å². The summed E-state index contributed by atoms with van der Waals surface area (Å²) in [5, 5.41) is 23.8. The van der Waals surface area contributed by atoms with E-state index in [1.54, 1.807) is 0 Å². The average molecular weight is 534 g/mol. The van der Waals surface area contributed by atoms with Gasteiger partial charge in [0.15, 0.2) is 0 Å². The van der Waals surface area contributed by atoms with Gasteiger partial charge < -0.3 is 36.5 Å². The molecule has 200 valence electrons. The Kier molecular flexibility index (Phi) is 9.53. The molecule has 37 heavy (non-hydrogen) atoms. The highest BCUT2D eigenvalue weighted by Crippen LogP contribution is 2.22. The van der Waals surface area contributed by atoms with Crippen molar-refractivity contribution in [3.63, 3.8) is 0 Å². The van der Waals surface area contributed by atoms with E-state index in [0.717, 1.165) is 16.5 Å². The van der Waals surface area contributed by atoms with Gasteiger partial charge in [0.25, 0.3) is 0 Å². The second kappa shape index (κ2) is 12.6. The van der Waals surface area contributed by atoms with E-state index >= 15 is 0 Å². The molecule has 2 aromatic rings.